The van der Waals surface area contributed by atoms with Gasteiger partial charge in [0.2, 0.25) is 11.7 Å². The van der Waals surface area contributed by atoms with Crippen LogP contribution in [0.4, 0.5) is 0 Å². The lowest BCUT2D eigenvalue weighted by Crippen LogP contribution is -2.38. The normalized spacial score (nSPS) is 12.3. The van der Waals surface area contributed by atoms with E-state index >= 15 is 0 Å². The summed E-state index contributed by atoms with van der Waals surface area (Å²) in [4.78, 5) is 10.3. The zero-order chi connectivity index (χ0) is 19.1. The SMILES string of the molecule is CCNC(=NCCc1nc(-c2cccc(Cl)c2)no1)NC(C)c1cccs1.I. The number of rotatable bonds is 7. The molecule has 1 atom stereocenters. The quantitative estimate of drug-likeness (QED) is 0.257. The minimum atomic E-state index is 0. The van der Waals surface area contributed by atoms with E-state index < -0.39 is 0 Å². The summed E-state index contributed by atoms with van der Waals surface area (Å²) in [5.74, 6) is 1.86. The van der Waals surface area contributed by atoms with Crippen molar-refractivity contribution in [3.63, 3.8) is 0 Å². The topological polar surface area (TPSA) is 75.3 Å². The summed E-state index contributed by atoms with van der Waals surface area (Å²) >= 11 is 7.74. The lowest BCUT2D eigenvalue weighted by atomic mass is 10.2. The van der Waals surface area contributed by atoms with E-state index in [4.69, 9.17) is 16.1 Å². The van der Waals surface area contributed by atoms with Gasteiger partial charge in [0, 0.05) is 28.4 Å². The van der Waals surface area contributed by atoms with E-state index in [9.17, 15) is 0 Å². The predicted molar refractivity (Wildman–Crippen MR) is 126 cm³/mol. The van der Waals surface area contributed by atoms with E-state index in [1.807, 2.05) is 31.2 Å². The van der Waals surface area contributed by atoms with Crippen molar-refractivity contribution >= 4 is 52.9 Å². The smallest absolute Gasteiger partial charge is 0.228 e. The van der Waals surface area contributed by atoms with Crippen LogP contribution in [-0.2, 0) is 6.42 Å². The van der Waals surface area contributed by atoms with Crippen molar-refractivity contribution in [2.75, 3.05) is 13.1 Å². The highest BCUT2D eigenvalue weighted by molar-refractivity contribution is 14.0. The second-order valence-electron chi connectivity index (χ2n) is 5.91. The van der Waals surface area contributed by atoms with Crippen molar-refractivity contribution in [3.05, 3.63) is 57.6 Å². The van der Waals surface area contributed by atoms with Gasteiger partial charge in [-0.1, -0.05) is 35.0 Å². The van der Waals surface area contributed by atoms with E-state index in [0.29, 0.717) is 29.7 Å². The summed E-state index contributed by atoms with van der Waals surface area (Å²) in [6.45, 7) is 5.50. The minimum absolute atomic E-state index is 0. The van der Waals surface area contributed by atoms with Gasteiger partial charge in [0.15, 0.2) is 5.96 Å². The third-order valence-corrected chi connectivity index (χ3v) is 5.10. The second-order valence-corrected chi connectivity index (χ2v) is 7.33. The lowest BCUT2D eigenvalue weighted by molar-refractivity contribution is 0.380. The molecule has 0 saturated heterocycles. The predicted octanol–water partition coefficient (Wildman–Crippen LogP) is 4.93. The van der Waals surface area contributed by atoms with Crippen molar-refractivity contribution < 1.29 is 4.52 Å². The van der Waals surface area contributed by atoms with Gasteiger partial charge in [0.05, 0.1) is 12.6 Å². The summed E-state index contributed by atoms with van der Waals surface area (Å²) in [5.41, 5.74) is 0.834. The number of nitrogens with zero attached hydrogens (tertiary/aromatic N) is 3. The summed E-state index contributed by atoms with van der Waals surface area (Å²) in [7, 11) is 0. The van der Waals surface area contributed by atoms with E-state index in [2.05, 4.69) is 50.2 Å². The van der Waals surface area contributed by atoms with Crippen LogP contribution in [0.1, 0.15) is 30.7 Å². The van der Waals surface area contributed by atoms with Crippen molar-refractivity contribution in [2.24, 2.45) is 4.99 Å². The summed E-state index contributed by atoms with van der Waals surface area (Å²) in [6, 6.07) is 11.7. The number of thiophene rings is 1. The van der Waals surface area contributed by atoms with Crippen LogP contribution in [0.25, 0.3) is 11.4 Å². The molecule has 1 unspecified atom stereocenters. The molecule has 2 heterocycles. The summed E-state index contributed by atoms with van der Waals surface area (Å²) in [5, 5.41) is 13.4. The second kappa shape index (κ2) is 11.4. The molecule has 150 valence electrons. The first kappa shape index (κ1) is 22.6. The van der Waals surface area contributed by atoms with E-state index in [-0.39, 0.29) is 30.0 Å². The monoisotopic (exact) mass is 531 g/mol. The average molecular weight is 532 g/mol. The first-order valence-electron chi connectivity index (χ1n) is 8.82. The Labute approximate surface area is 190 Å². The number of hydrogen-bond donors (Lipinski definition) is 2. The fraction of sp³-hybridized carbons (Fsp3) is 0.316. The average Bonchev–Trinajstić information content (AvgIpc) is 3.34. The zero-order valence-corrected chi connectivity index (χ0v) is 19.6. The molecule has 9 heteroatoms. The fourth-order valence-electron chi connectivity index (χ4n) is 2.50. The number of guanidine groups is 1. The van der Waals surface area contributed by atoms with Gasteiger partial charge in [-0.2, -0.15) is 4.98 Å². The van der Waals surface area contributed by atoms with Crippen LogP contribution < -0.4 is 10.6 Å². The lowest BCUT2D eigenvalue weighted by Gasteiger charge is -2.16. The van der Waals surface area contributed by atoms with Gasteiger partial charge in [-0.25, -0.2) is 0 Å². The minimum Gasteiger partial charge on any atom is -0.357 e. The van der Waals surface area contributed by atoms with Crippen LogP contribution >= 0.6 is 46.9 Å². The Morgan fingerprint density at radius 1 is 1.32 bits per heavy atom. The molecule has 2 N–H and O–H groups in total. The number of halogens is 2. The molecule has 0 aliphatic heterocycles. The first-order valence-corrected chi connectivity index (χ1v) is 10.1. The van der Waals surface area contributed by atoms with Gasteiger partial charge in [0.25, 0.3) is 0 Å². The highest BCUT2D eigenvalue weighted by Crippen LogP contribution is 2.20. The molecule has 0 fully saturated rings. The van der Waals surface area contributed by atoms with Gasteiger partial charge >= 0.3 is 0 Å². The molecule has 0 radical (unpaired) electrons. The molecule has 0 bridgehead atoms. The Bertz CT molecular complexity index is 884. The van der Waals surface area contributed by atoms with Crippen molar-refractivity contribution in [1.82, 2.24) is 20.8 Å². The molecule has 3 aromatic rings. The molecule has 6 nitrogen and oxygen atoms in total. The van der Waals surface area contributed by atoms with Crippen LogP contribution in [-0.4, -0.2) is 29.2 Å². The highest BCUT2D eigenvalue weighted by atomic mass is 127. The van der Waals surface area contributed by atoms with E-state index in [1.165, 1.54) is 4.88 Å². The summed E-state index contributed by atoms with van der Waals surface area (Å²) < 4.78 is 5.33. The Balaban J connectivity index is 0.00000280. The Morgan fingerprint density at radius 2 is 2.18 bits per heavy atom. The van der Waals surface area contributed by atoms with Crippen molar-refractivity contribution in [1.29, 1.82) is 0 Å². The van der Waals surface area contributed by atoms with Crippen LogP contribution in [0.15, 0.2) is 51.3 Å². The highest BCUT2D eigenvalue weighted by Gasteiger charge is 2.10. The van der Waals surface area contributed by atoms with Gasteiger partial charge in [-0.3, -0.25) is 4.99 Å². The maximum Gasteiger partial charge on any atom is 0.228 e. The maximum atomic E-state index is 6.01. The standard InChI is InChI=1S/C19H22ClN5OS.HI/c1-3-21-19(23-13(2)16-8-5-11-27-16)22-10-9-17-24-18(25-26-17)14-6-4-7-15(20)12-14;/h4-8,11-13H,3,9-10H2,1-2H3,(H2,21,22,23);1H. The molecule has 0 amide bonds. The van der Waals surface area contributed by atoms with E-state index in [0.717, 1.165) is 18.1 Å². The number of aliphatic imine (C=N–C) groups is 1. The van der Waals surface area contributed by atoms with Crippen LogP contribution in [0.3, 0.4) is 0 Å². The largest absolute Gasteiger partial charge is 0.357 e. The number of aromatic nitrogens is 2. The number of nitrogens with one attached hydrogen (secondary N) is 2. The Hall–Kier alpha value is -1.65. The van der Waals surface area contributed by atoms with Crippen molar-refractivity contribution in [3.8, 4) is 11.4 Å². The van der Waals surface area contributed by atoms with Crippen LogP contribution in [0.2, 0.25) is 5.02 Å². The number of hydrogen-bond acceptors (Lipinski definition) is 5. The van der Waals surface area contributed by atoms with Gasteiger partial charge in [-0.05, 0) is 37.4 Å². The molecule has 2 aromatic heterocycles. The Morgan fingerprint density at radius 3 is 2.89 bits per heavy atom. The van der Waals surface area contributed by atoms with Gasteiger partial charge in [0.1, 0.15) is 0 Å². The molecule has 0 aliphatic rings. The third kappa shape index (κ3) is 6.46. The molecule has 28 heavy (non-hydrogen) atoms. The molecule has 1 aromatic carbocycles. The third-order valence-electron chi connectivity index (χ3n) is 3.81. The zero-order valence-electron chi connectivity index (χ0n) is 15.7. The fourth-order valence-corrected chi connectivity index (χ4v) is 3.42. The van der Waals surface area contributed by atoms with Crippen LogP contribution in [0, 0.1) is 0 Å². The Kier molecular flexibility index (Phi) is 9.20. The van der Waals surface area contributed by atoms with Crippen molar-refractivity contribution in [2.45, 2.75) is 26.3 Å². The molecular formula is C19H23ClIN5OS. The molecule has 0 aliphatic carbocycles. The first-order chi connectivity index (χ1) is 13.2. The molecule has 0 saturated carbocycles. The number of benzene rings is 1. The molecule has 0 spiro atoms. The maximum absolute atomic E-state index is 6.01. The van der Waals surface area contributed by atoms with Gasteiger partial charge < -0.3 is 15.2 Å². The molecular weight excluding hydrogens is 509 g/mol. The van der Waals surface area contributed by atoms with Gasteiger partial charge in [-0.15, -0.1) is 35.3 Å². The molecule has 3 rings (SSSR count). The van der Waals surface area contributed by atoms with Crippen LogP contribution in [0.5, 0.6) is 0 Å². The van der Waals surface area contributed by atoms with E-state index in [1.54, 1.807) is 11.3 Å². The summed E-state index contributed by atoms with van der Waals surface area (Å²) in [6.07, 6.45) is 0.567.